The van der Waals surface area contributed by atoms with Crippen LogP contribution in [0.25, 0.3) is 0 Å². The van der Waals surface area contributed by atoms with Gasteiger partial charge in [0, 0.05) is 18.8 Å². The molecule has 0 saturated heterocycles. The summed E-state index contributed by atoms with van der Waals surface area (Å²) in [5.74, 6) is -0.329. The van der Waals surface area contributed by atoms with Crippen molar-refractivity contribution in [3.05, 3.63) is 28.8 Å². The molecule has 130 valence electrons. The van der Waals surface area contributed by atoms with Gasteiger partial charge in [-0.2, -0.15) is 4.31 Å². The number of carbonyl (C=O) groups excluding carboxylic acids is 1. The molecule has 0 aliphatic rings. The second-order valence-electron chi connectivity index (χ2n) is 6.22. The maximum absolute atomic E-state index is 12.3. The number of nitrogens with one attached hydrogen (secondary N) is 1. The lowest BCUT2D eigenvalue weighted by molar-refractivity contribution is -0.116. The molecule has 1 rings (SSSR count). The average Bonchev–Trinajstić information content (AvgIpc) is 2.37. The van der Waals surface area contributed by atoms with Gasteiger partial charge >= 0.3 is 0 Å². The molecular weight excluding hydrogens is 314 g/mol. The lowest BCUT2D eigenvalue weighted by Gasteiger charge is -2.22. The molecule has 1 aromatic carbocycles. The van der Waals surface area contributed by atoms with Gasteiger partial charge in [0.1, 0.15) is 0 Å². The topological polar surface area (TPSA) is 69.7 Å². The lowest BCUT2D eigenvalue weighted by atomic mass is 10.1. The molecule has 6 nitrogen and oxygen atoms in total. The lowest BCUT2D eigenvalue weighted by Crippen LogP contribution is -2.41. The molecule has 7 heteroatoms. The molecule has 1 N–H and O–H groups in total. The Balaban J connectivity index is 2.84. The van der Waals surface area contributed by atoms with Crippen molar-refractivity contribution in [2.75, 3.05) is 45.3 Å². The van der Waals surface area contributed by atoms with E-state index in [1.807, 2.05) is 51.9 Å². The zero-order valence-electron chi connectivity index (χ0n) is 14.8. The quantitative estimate of drug-likeness (QED) is 0.813. The molecule has 0 radical (unpaired) electrons. The summed E-state index contributed by atoms with van der Waals surface area (Å²) in [7, 11) is 0.292. The summed E-state index contributed by atoms with van der Waals surface area (Å²) in [5.41, 5.74) is 3.81. The van der Waals surface area contributed by atoms with Crippen molar-refractivity contribution in [1.29, 1.82) is 0 Å². The van der Waals surface area contributed by atoms with Crippen molar-refractivity contribution < 1.29 is 13.2 Å². The van der Waals surface area contributed by atoms with E-state index >= 15 is 0 Å². The van der Waals surface area contributed by atoms with Crippen LogP contribution in [0, 0.1) is 20.8 Å². The number of hydrogen-bond donors (Lipinski definition) is 1. The standard InChI is InChI=1S/C16H27N3O3S/c1-12-9-13(2)16(14(3)10-12)17-15(20)11-19(23(6,21)22)8-7-18(4)5/h9-10H,7-8,11H2,1-6H3,(H,17,20). The Kier molecular flexibility index (Phi) is 6.73. The smallest absolute Gasteiger partial charge is 0.239 e. The fourth-order valence-electron chi connectivity index (χ4n) is 2.39. The molecule has 0 aliphatic carbocycles. The van der Waals surface area contributed by atoms with Crippen molar-refractivity contribution >= 4 is 21.6 Å². The van der Waals surface area contributed by atoms with E-state index < -0.39 is 10.0 Å². The number of likely N-dealkylation sites (N-methyl/N-ethyl adjacent to an activating group) is 1. The maximum atomic E-state index is 12.3. The Hall–Kier alpha value is -1.44. The number of amides is 1. The van der Waals surface area contributed by atoms with Gasteiger partial charge < -0.3 is 10.2 Å². The number of sulfonamides is 1. The highest BCUT2D eigenvalue weighted by Gasteiger charge is 2.20. The van der Waals surface area contributed by atoms with E-state index in [2.05, 4.69) is 5.32 Å². The van der Waals surface area contributed by atoms with Gasteiger partial charge in [-0.3, -0.25) is 4.79 Å². The highest BCUT2D eigenvalue weighted by molar-refractivity contribution is 7.88. The van der Waals surface area contributed by atoms with Gasteiger partial charge in [-0.15, -0.1) is 0 Å². The molecule has 0 aromatic heterocycles. The molecule has 1 aromatic rings. The molecule has 0 atom stereocenters. The first kappa shape index (κ1) is 19.6. The maximum Gasteiger partial charge on any atom is 0.239 e. The van der Waals surface area contributed by atoms with Crippen LogP contribution in [-0.2, 0) is 14.8 Å². The highest BCUT2D eigenvalue weighted by Crippen LogP contribution is 2.21. The molecule has 0 fully saturated rings. The second kappa shape index (κ2) is 7.90. The van der Waals surface area contributed by atoms with Crippen LogP contribution in [0.2, 0.25) is 0 Å². The van der Waals surface area contributed by atoms with Gasteiger partial charge in [0.05, 0.1) is 12.8 Å². The summed E-state index contributed by atoms with van der Waals surface area (Å²) in [6.07, 6.45) is 1.12. The Morgan fingerprint density at radius 3 is 2.04 bits per heavy atom. The Labute approximate surface area is 139 Å². The first-order valence-corrected chi connectivity index (χ1v) is 9.33. The number of nitrogens with zero attached hydrogens (tertiary/aromatic N) is 2. The minimum atomic E-state index is -3.43. The van der Waals surface area contributed by atoms with E-state index in [1.54, 1.807) is 0 Å². The monoisotopic (exact) mass is 341 g/mol. The number of hydrogen-bond acceptors (Lipinski definition) is 4. The molecule has 0 heterocycles. The summed E-state index contributed by atoms with van der Waals surface area (Å²) in [4.78, 5) is 14.2. The molecule has 0 spiro atoms. The number of aryl methyl sites for hydroxylation is 3. The summed E-state index contributed by atoms with van der Waals surface area (Å²) in [5, 5.41) is 2.84. The zero-order valence-corrected chi connectivity index (χ0v) is 15.6. The van der Waals surface area contributed by atoms with Gasteiger partial charge in [-0.1, -0.05) is 17.7 Å². The fourth-order valence-corrected chi connectivity index (χ4v) is 3.16. The van der Waals surface area contributed by atoms with Crippen LogP contribution >= 0.6 is 0 Å². The third-order valence-corrected chi connectivity index (χ3v) is 4.78. The minimum Gasteiger partial charge on any atom is -0.324 e. The predicted molar refractivity (Wildman–Crippen MR) is 94.3 cm³/mol. The second-order valence-corrected chi connectivity index (χ2v) is 8.20. The molecule has 23 heavy (non-hydrogen) atoms. The minimum absolute atomic E-state index is 0.181. The summed E-state index contributed by atoms with van der Waals surface area (Å²) < 4.78 is 24.9. The van der Waals surface area contributed by atoms with Crippen LogP contribution in [-0.4, -0.2) is 63.5 Å². The van der Waals surface area contributed by atoms with Crippen molar-refractivity contribution in [2.45, 2.75) is 20.8 Å². The van der Waals surface area contributed by atoms with Crippen LogP contribution in [0.15, 0.2) is 12.1 Å². The molecule has 1 amide bonds. The van der Waals surface area contributed by atoms with E-state index in [4.69, 9.17) is 0 Å². The molecule has 0 unspecified atom stereocenters. The Morgan fingerprint density at radius 2 is 1.61 bits per heavy atom. The van der Waals surface area contributed by atoms with E-state index in [1.165, 1.54) is 4.31 Å². The number of rotatable bonds is 7. The fraction of sp³-hybridized carbons (Fsp3) is 0.562. The van der Waals surface area contributed by atoms with E-state index in [0.717, 1.165) is 28.6 Å². The molecule has 0 aliphatic heterocycles. The van der Waals surface area contributed by atoms with Crippen LogP contribution in [0.5, 0.6) is 0 Å². The summed E-state index contributed by atoms with van der Waals surface area (Å²) >= 11 is 0. The number of benzene rings is 1. The van der Waals surface area contributed by atoms with E-state index in [0.29, 0.717) is 6.54 Å². The first-order chi connectivity index (χ1) is 10.5. The normalized spacial score (nSPS) is 12.0. The van der Waals surface area contributed by atoms with Crippen molar-refractivity contribution in [1.82, 2.24) is 9.21 Å². The third kappa shape index (κ3) is 6.29. The van der Waals surface area contributed by atoms with Gasteiger partial charge in [0.15, 0.2) is 0 Å². The van der Waals surface area contributed by atoms with Crippen molar-refractivity contribution in [3.63, 3.8) is 0 Å². The van der Waals surface area contributed by atoms with Crippen molar-refractivity contribution in [2.24, 2.45) is 0 Å². The van der Waals surface area contributed by atoms with Gasteiger partial charge in [0.2, 0.25) is 15.9 Å². The Morgan fingerprint density at radius 1 is 1.09 bits per heavy atom. The van der Waals surface area contributed by atoms with E-state index in [-0.39, 0.29) is 19.0 Å². The predicted octanol–water partition coefficient (Wildman–Crippen LogP) is 1.37. The zero-order chi connectivity index (χ0) is 17.8. The first-order valence-electron chi connectivity index (χ1n) is 7.48. The van der Waals surface area contributed by atoms with Gasteiger partial charge in [-0.05, 0) is 46.0 Å². The Bertz CT molecular complexity index is 646. The van der Waals surface area contributed by atoms with Crippen LogP contribution in [0.3, 0.4) is 0 Å². The number of carbonyl (C=O) groups is 1. The van der Waals surface area contributed by atoms with Gasteiger partial charge in [-0.25, -0.2) is 8.42 Å². The van der Waals surface area contributed by atoms with Gasteiger partial charge in [0.25, 0.3) is 0 Å². The summed E-state index contributed by atoms with van der Waals surface area (Å²) in [6, 6.07) is 3.98. The van der Waals surface area contributed by atoms with Crippen molar-refractivity contribution in [3.8, 4) is 0 Å². The van der Waals surface area contributed by atoms with Crippen LogP contribution in [0.4, 0.5) is 5.69 Å². The number of anilines is 1. The highest BCUT2D eigenvalue weighted by atomic mass is 32.2. The van der Waals surface area contributed by atoms with Crippen LogP contribution in [0.1, 0.15) is 16.7 Å². The average molecular weight is 341 g/mol. The SMILES string of the molecule is Cc1cc(C)c(NC(=O)CN(CCN(C)C)S(C)(=O)=O)c(C)c1. The summed E-state index contributed by atoms with van der Waals surface area (Å²) in [6.45, 7) is 6.51. The van der Waals surface area contributed by atoms with Crippen LogP contribution < -0.4 is 5.32 Å². The third-order valence-electron chi connectivity index (χ3n) is 3.53. The largest absolute Gasteiger partial charge is 0.324 e. The molecular formula is C16H27N3O3S. The molecule has 0 bridgehead atoms. The molecule has 0 saturated carbocycles. The van der Waals surface area contributed by atoms with E-state index in [9.17, 15) is 13.2 Å².